The summed E-state index contributed by atoms with van der Waals surface area (Å²) >= 11 is 0. The maximum absolute atomic E-state index is 12.5. The summed E-state index contributed by atoms with van der Waals surface area (Å²) in [5.41, 5.74) is -2.60. The molecule has 0 atom stereocenters. The number of aromatic nitrogens is 1. The Morgan fingerprint density at radius 3 is 2.17 bits per heavy atom. The largest absolute Gasteiger partial charge is 0.741 e. The molecule has 1 saturated heterocycles. The summed E-state index contributed by atoms with van der Waals surface area (Å²) in [6.45, 7) is 2.23. The van der Waals surface area contributed by atoms with Gasteiger partial charge >= 0.3 is 11.1 Å². The lowest BCUT2D eigenvalue weighted by Gasteiger charge is -2.18. The molecule has 0 amide bonds. The van der Waals surface area contributed by atoms with E-state index < -0.39 is 15.6 Å². The van der Waals surface area contributed by atoms with Crippen molar-refractivity contribution in [3.63, 3.8) is 0 Å². The third kappa shape index (κ3) is 5.46. The molecular formula is C24H21F3N2O5S. The second kappa shape index (κ2) is 9.31. The molecule has 0 saturated carbocycles. The van der Waals surface area contributed by atoms with Crippen LogP contribution in [0.4, 0.5) is 18.9 Å². The van der Waals surface area contributed by atoms with Crippen molar-refractivity contribution < 1.29 is 35.1 Å². The topological polar surface area (TPSA) is 94.5 Å². The maximum atomic E-state index is 12.5. The zero-order chi connectivity index (χ0) is 25.4. The van der Waals surface area contributed by atoms with Crippen molar-refractivity contribution in [2.75, 3.05) is 18.0 Å². The van der Waals surface area contributed by atoms with E-state index in [9.17, 15) is 18.0 Å². The summed E-state index contributed by atoms with van der Waals surface area (Å²) in [4.78, 5) is 15.0. The number of pyridine rings is 1. The lowest BCUT2D eigenvalue weighted by molar-refractivity contribution is -0.671. The smallest absolute Gasteiger partial charge is 0.485 e. The SMILES string of the molecule is C[n+]1ccc(-c2cc3cc4ccc(N5CCCC5)cc4cc3oc2=O)cc1.O=S(=O)([O-])C(F)(F)F. The average Bonchev–Trinajstić information content (AvgIpc) is 3.32. The molecule has 0 spiro atoms. The van der Waals surface area contributed by atoms with Gasteiger partial charge in [-0.2, -0.15) is 13.2 Å². The normalized spacial score (nSPS) is 14.3. The van der Waals surface area contributed by atoms with Gasteiger partial charge in [-0.25, -0.2) is 17.8 Å². The van der Waals surface area contributed by atoms with Gasteiger partial charge in [0.15, 0.2) is 22.5 Å². The third-order valence-electron chi connectivity index (χ3n) is 5.72. The molecule has 0 bridgehead atoms. The highest BCUT2D eigenvalue weighted by Gasteiger charge is 2.36. The fraction of sp³-hybridized carbons (Fsp3) is 0.250. The van der Waals surface area contributed by atoms with Crippen LogP contribution in [0.15, 0.2) is 70.1 Å². The molecule has 3 heterocycles. The molecule has 184 valence electrons. The van der Waals surface area contributed by atoms with E-state index in [1.807, 2.05) is 48.3 Å². The number of benzene rings is 2. The van der Waals surface area contributed by atoms with Gasteiger partial charge in [0.1, 0.15) is 12.6 Å². The van der Waals surface area contributed by atoms with Crippen LogP contribution in [0.2, 0.25) is 0 Å². The number of hydrogen-bond donors (Lipinski definition) is 0. The molecule has 11 heteroatoms. The predicted molar refractivity (Wildman–Crippen MR) is 124 cm³/mol. The van der Waals surface area contributed by atoms with Crippen molar-refractivity contribution in [3.05, 3.63) is 71.3 Å². The number of anilines is 1. The maximum Gasteiger partial charge on any atom is 0.485 e. The van der Waals surface area contributed by atoms with E-state index in [-0.39, 0.29) is 5.63 Å². The summed E-state index contributed by atoms with van der Waals surface area (Å²) in [7, 11) is -4.14. The van der Waals surface area contributed by atoms with Gasteiger partial charge in [-0.05, 0) is 53.9 Å². The van der Waals surface area contributed by atoms with Crippen LogP contribution in [0.3, 0.4) is 0 Å². The number of halogens is 3. The molecule has 1 aliphatic rings. The number of nitrogens with zero attached hydrogens (tertiary/aromatic N) is 2. The first-order valence-corrected chi connectivity index (χ1v) is 12.1. The Labute approximate surface area is 198 Å². The Morgan fingerprint density at radius 2 is 1.57 bits per heavy atom. The second-order valence-electron chi connectivity index (χ2n) is 8.22. The number of rotatable bonds is 2. The molecule has 0 unspecified atom stereocenters. The van der Waals surface area contributed by atoms with Gasteiger partial charge < -0.3 is 13.9 Å². The Balaban J connectivity index is 0.000000314. The molecule has 4 aromatic rings. The summed E-state index contributed by atoms with van der Waals surface area (Å²) in [5, 5.41) is 3.21. The number of alkyl halides is 3. The van der Waals surface area contributed by atoms with Crippen molar-refractivity contribution in [2.24, 2.45) is 7.05 Å². The molecule has 1 fully saturated rings. The van der Waals surface area contributed by atoms with E-state index in [1.165, 1.54) is 18.5 Å². The Bertz CT molecular complexity index is 1540. The zero-order valence-corrected chi connectivity index (χ0v) is 19.4. The van der Waals surface area contributed by atoms with Gasteiger partial charge in [0, 0.05) is 41.9 Å². The third-order valence-corrected chi connectivity index (χ3v) is 6.29. The van der Waals surface area contributed by atoms with Crippen LogP contribution in [0.5, 0.6) is 0 Å². The first-order chi connectivity index (χ1) is 16.4. The van der Waals surface area contributed by atoms with Gasteiger partial charge in [-0.15, -0.1) is 0 Å². The molecule has 1 aliphatic heterocycles. The molecule has 0 aliphatic carbocycles. The van der Waals surface area contributed by atoms with Crippen LogP contribution in [0.1, 0.15) is 12.8 Å². The summed E-state index contributed by atoms with van der Waals surface area (Å²) in [6, 6.07) is 16.4. The van der Waals surface area contributed by atoms with Crippen molar-refractivity contribution in [2.45, 2.75) is 18.3 Å². The van der Waals surface area contributed by atoms with Crippen LogP contribution >= 0.6 is 0 Å². The van der Waals surface area contributed by atoms with Gasteiger partial charge in [0.25, 0.3) is 0 Å². The fourth-order valence-electron chi connectivity index (χ4n) is 3.91. The Kier molecular flexibility index (Phi) is 6.56. The van der Waals surface area contributed by atoms with Gasteiger partial charge in [-0.3, -0.25) is 0 Å². The van der Waals surface area contributed by atoms with Crippen molar-refractivity contribution in [1.82, 2.24) is 0 Å². The standard InChI is InChI=1S/C23H21N2O2.CHF3O3S/c1-24-10-6-16(7-11-24)21-14-19-12-17-4-5-20(25-8-2-3-9-25)13-18(17)15-22(19)27-23(21)26;2-1(3,4)8(5,6)7/h4-7,10-15H,2-3,8-9H2,1H3;(H,5,6,7)/q+1;/p-1. The number of fused-ring (bicyclic) bond motifs is 2. The van der Waals surface area contributed by atoms with Crippen LogP contribution in [0, 0.1) is 0 Å². The number of hydrogen-bond acceptors (Lipinski definition) is 6. The first kappa shape index (κ1) is 24.7. The predicted octanol–water partition coefficient (Wildman–Crippen LogP) is 4.09. The van der Waals surface area contributed by atoms with Crippen molar-refractivity contribution in [3.8, 4) is 11.1 Å². The summed E-state index contributed by atoms with van der Waals surface area (Å²) < 4.78 is 66.5. The van der Waals surface area contributed by atoms with Gasteiger partial charge in [0.05, 0.1) is 5.56 Å². The van der Waals surface area contributed by atoms with E-state index in [4.69, 9.17) is 17.4 Å². The highest BCUT2D eigenvalue weighted by Crippen LogP contribution is 2.29. The highest BCUT2D eigenvalue weighted by molar-refractivity contribution is 7.86. The Hall–Kier alpha value is -3.44. The highest BCUT2D eigenvalue weighted by atomic mass is 32.2. The molecule has 7 nitrogen and oxygen atoms in total. The van der Waals surface area contributed by atoms with Crippen LogP contribution in [-0.2, 0) is 17.2 Å². The quantitative estimate of drug-likeness (QED) is 0.134. The molecule has 35 heavy (non-hydrogen) atoms. The molecule has 0 radical (unpaired) electrons. The summed E-state index contributed by atoms with van der Waals surface area (Å²) in [6.07, 6.45) is 6.37. The minimum Gasteiger partial charge on any atom is -0.741 e. The van der Waals surface area contributed by atoms with E-state index >= 15 is 0 Å². The molecule has 2 aromatic carbocycles. The molecular weight excluding hydrogens is 485 g/mol. The minimum atomic E-state index is -6.09. The monoisotopic (exact) mass is 506 g/mol. The average molecular weight is 507 g/mol. The van der Waals surface area contributed by atoms with E-state index in [1.54, 1.807) is 0 Å². The zero-order valence-electron chi connectivity index (χ0n) is 18.6. The van der Waals surface area contributed by atoms with Crippen LogP contribution < -0.4 is 15.1 Å². The van der Waals surface area contributed by atoms with Crippen molar-refractivity contribution >= 4 is 37.5 Å². The minimum absolute atomic E-state index is 0.300. The van der Waals surface area contributed by atoms with Gasteiger partial charge in [0.2, 0.25) is 0 Å². The summed E-state index contributed by atoms with van der Waals surface area (Å²) in [5.74, 6) is 0. The van der Waals surface area contributed by atoms with E-state index in [0.717, 1.165) is 34.8 Å². The lowest BCUT2D eigenvalue weighted by Crippen LogP contribution is -2.25. The molecule has 0 N–H and O–H groups in total. The van der Waals surface area contributed by atoms with E-state index in [0.29, 0.717) is 11.1 Å². The fourth-order valence-corrected chi connectivity index (χ4v) is 3.91. The van der Waals surface area contributed by atoms with Crippen LogP contribution in [0.25, 0.3) is 32.9 Å². The van der Waals surface area contributed by atoms with Crippen LogP contribution in [-0.4, -0.2) is 31.6 Å². The molecule has 2 aromatic heterocycles. The van der Waals surface area contributed by atoms with E-state index in [2.05, 4.69) is 29.2 Å². The second-order valence-corrected chi connectivity index (χ2v) is 9.59. The van der Waals surface area contributed by atoms with Gasteiger partial charge in [-0.1, -0.05) is 6.07 Å². The van der Waals surface area contributed by atoms with Crippen molar-refractivity contribution in [1.29, 1.82) is 0 Å². The molecule has 5 rings (SSSR count). The Morgan fingerprint density at radius 1 is 0.943 bits per heavy atom. The first-order valence-electron chi connectivity index (χ1n) is 10.7. The number of aryl methyl sites for hydroxylation is 1. The lowest BCUT2D eigenvalue weighted by atomic mass is 10.0.